The summed E-state index contributed by atoms with van der Waals surface area (Å²) in [4.78, 5) is 33.3. The molecular weight excluding hydrogens is 408 g/mol. The number of rotatable bonds is 3. The summed E-state index contributed by atoms with van der Waals surface area (Å²) in [6.45, 7) is 3.91. The number of likely N-dealkylation sites (N-methyl/N-ethyl adjacent to an activating group) is 1. The molecule has 30 heavy (non-hydrogen) atoms. The van der Waals surface area contributed by atoms with Crippen molar-refractivity contribution in [2.24, 2.45) is 13.0 Å². The lowest BCUT2D eigenvalue weighted by Gasteiger charge is -2.34. The maximum absolute atomic E-state index is 13.0. The standard InChI is InChI=1S/C19H32N6O4S/c1-22-10-12-24(13-11-22)19(27)16-4-3-8-25(9-6-17(26)20-7-5-16)30(28,29)18-14-23(2)15-21-18/h14-16H,3-13H2,1-2H3,(H,20,26). The highest BCUT2D eigenvalue weighted by Gasteiger charge is 2.30. The molecule has 1 aromatic rings. The van der Waals surface area contributed by atoms with Gasteiger partial charge in [-0.05, 0) is 26.3 Å². The predicted octanol–water partition coefficient (Wildman–Crippen LogP) is -0.509. The van der Waals surface area contributed by atoms with Crippen molar-refractivity contribution >= 4 is 21.8 Å². The van der Waals surface area contributed by atoms with E-state index in [0.717, 1.165) is 13.1 Å². The third-order valence-electron chi connectivity index (χ3n) is 5.81. The van der Waals surface area contributed by atoms with Gasteiger partial charge in [0.05, 0.1) is 6.33 Å². The summed E-state index contributed by atoms with van der Waals surface area (Å²) >= 11 is 0. The number of hydrogen-bond donors (Lipinski definition) is 1. The smallest absolute Gasteiger partial charge is 0.262 e. The number of hydrogen-bond acceptors (Lipinski definition) is 6. The van der Waals surface area contributed by atoms with Crippen LogP contribution in [-0.2, 0) is 26.7 Å². The van der Waals surface area contributed by atoms with E-state index in [9.17, 15) is 18.0 Å². The van der Waals surface area contributed by atoms with Gasteiger partial charge in [-0.1, -0.05) is 0 Å². The Kier molecular flexibility index (Phi) is 7.48. The number of carbonyl (C=O) groups excluding carboxylic acids is 2. The molecular formula is C19H32N6O4S. The van der Waals surface area contributed by atoms with Crippen LogP contribution in [0.1, 0.15) is 25.7 Å². The number of amides is 2. The Morgan fingerprint density at radius 3 is 2.50 bits per heavy atom. The third kappa shape index (κ3) is 5.58. The highest BCUT2D eigenvalue weighted by atomic mass is 32.2. The van der Waals surface area contributed by atoms with Crippen molar-refractivity contribution in [1.82, 2.24) is 29.0 Å². The first kappa shape index (κ1) is 22.7. The molecule has 2 aliphatic rings. The minimum Gasteiger partial charge on any atom is -0.356 e. The molecule has 3 heterocycles. The molecule has 1 aromatic heterocycles. The van der Waals surface area contributed by atoms with E-state index in [1.165, 1.54) is 16.8 Å². The van der Waals surface area contributed by atoms with Crippen molar-refractivity contribution < 1.29 is 18.0 Å². The molecule has 0 aromatic carbocycles. The van der Waals surface area contributed by atoms with E-state index >= 15 is 0 Å². The van der Waals surface area contributed by atoms with E-state index in [-0.39, 0.29) is 42.3 Å². The van der Waals surface area contributed by atoms with Gasteiger partial charge in [0, 0.05) is 71.4 Å². The summed E-state index contributed by atoms with van der Waals surface area (Å²) in [5.74, 6) is -0.314. The molecule has 11 heteroatoms. The van der Waals surface area contributed by atoms with E-state index in [1.807, 2.05) is 11.9 Å². The van der Waals surface area contributed by atoms with Gasteiger partial charge in [0.15, 0.2) is 5.03 Å². The van der Waals surface area contributed by atoms with Gasteiger partial charge in [-0.25, -0.2) is 13.4 Å². The van der Waals surface area contributed by atoms with E-state index in [1.54, 1.807) is 11.6 Å². The summed E-state index contributed by atoms with van der Waals surface area (Å²) in [5.41, 5.74) is 0. The third-order valence-corrected chi connectivity index (χ3v) is 7.60. The monoisotopic (exact) mass is 440 g/mol. The Morgan fingerprint density at radius 1 is 1.10 bits per heavy atom. The van der Waals surface area contributed by atoms with Crippen LogP contribution >= 0.6 is 0 Å². The fourth-order valence-electron chi connectivity index (χ4n) is 3.90. The molecule has 0 radical (unpaired) electrons. The van der Waals surface area contributed by atoms with Crippen LogP contribution in [0.2, 0.25) is 0 Å². The molecule has 0 spiro atoms. The number of imidazole rings is 1. The molecule has 3 rings (SSSR count). The second kappa shape index (κ2) is 9.88. The average molecular weight is 441 g/mol. The molecule has 2 fully saturated rings. The maximum atomic E-state index is 13.0. The summed E-state index contributed by atoms with van der Waals surface area (Å²) in [7, 11) is -0.0362. The SMILES string of the molecule is CN1CCN(C(=O)C2CCCN(S(=O)(=O)c3cn(C)cn3)CCC(=O)NCC2)CC1. The summed E-state index contributed by atoms with van der Waals surface area (Å²) in [6, 6.07) is 0. The Balaban J connectivity index is 1.70. The quantitative estimate of drug-likeness (QED) is 0.678. The molecule has 2 amide bonds. The first-order valence-corrected chi connectivity index (χ1v) is 11.9. The first-order valence-electron chi connectivity index (χ1n) is 10.5. The van der Waals surface area contributed by atoms with Crippen LogP contribution in [-0.4, -0.2) is 96.7 Å². The van der Waals surface area contributed by atoms with Gasteiger partial charge >= 0.3 is 0 Å². The van der Waals surface area contributed by atoms with E-state index < -0.39 is 10.0 Å². The van der Waals surface area contributed by atoms with Crippen molar-refractivity contribution in [3.05, 3.63) is 12.5 Å². The van der Waals surface area contributed by atoms with Crippen molar-refractivity contribution in [3.63, 3.8) is 0 Å². The average Bonchev–Trinajstić information content (AvgIpc) is 3.14. The number of nitrogens with one attached hydrogen (secondary N) is 1. The largest absolute Gasteiger partial charge is 0.356 e. The number of aromatic nitrogens is 2. The molecule has 1 atom stereocenters. The molecule has 1 unspecified atom stereocenters. The van der Waals surface area contributed by atoms with E-state index in [0.29, 0.717) is 38.9 Å². The van der Waals surface area contributed by atoms with Crippen molar-refractivity contribution in [3.8, 4) is 0 Å². The van der Waals surface area contributed by atoms with Gasteiger partial charge in [-0.15, -0.1) is 0 Å². The zero-order chi connectivity index (χ0) is 21.7. The predicted molar refractivity (Wildman–Crippen MR) is 111 cm³/mol. The molecule has 1 N–H and O–H groups in total. The Bertz CT molecular complexity index is 847. The minimum atomic E-state index is -3.79. The van der Waals surface area contributed by atoms with Crippen molar-refractivity contribution in [2.45, 2.75) is 30.7 Å². The summed E-state index contributed by atoms with van der Waals surface area (Å²) in [6.07, 6.45) is 4.71. The highest BCUT2D eigenvalue weighted by molar-refractivity contribution is 7.89. The van der Waals surface area contributed by atoms with Crippen LogP contribution in [0, 0.1) is 5.92 Å². The zero-order valence-corrected chi connectivity index (χ0v) is 18.6. The summed E-state index contributed by atoms with van der Waals surface area (Å²) in [5, 5.41) is 2.81. The molecule has 0 saturated carbocycles. The van der Waals surface area contributed by atoms with Gasteiger partial charge in [-0.3, -0.25) is 9.59 Å². The van der Waals surface area contributed by atoms with Crippen molar-refractivity contribution in [1.29, 1.82) is 0 Å². The maximum Gasteiger partial charge on any atom is 0.262 e. The van der Waals surface area contributed by atoms with Crippen LogP contribution in [0.5, 0.6) is 0 Å². The fourth-order valence-corrected chi connectivity index (χ4v) is 5.34. The lowest BCUT2D eigenvalue weighted by molar-refractivity contribution is -0.137. The zero-order valence-electron chi connectivity index (χ0n) is 17.8. The first-order chi connectivity index (χ1) is 14.3. The fraction of sp³-hybridized carbons (Fsp3) is 0.737. The molecule has 0 aliphatic carbocycles. The van der Waals surface area contributed by atoms with Crippen LogP contribution in [0.4, 0.5) is 0 Å². The molecule has 2 saturated heterocycles. The second-order valence-electron chi connectivity index (χ2n) is 8.14. The van der Waals surface area contributed by atoms with E-state index in [4.69, 9.17) is 0 Å². The number of carbonyl (C=O) groups is 2. The number of piperazine rings is 1. The van der Waals surface area contributed by atoms with Crippen LogP contribution in [0.15, 0.2) is 17.6 Å². The topological polar surface area (TPSA) is 108 Å². The number of nitrogens with zero attached hydrogens (tertiary/aromatic N) is 5. The van der Waals surface area contributed by atoms with Gasteiger partial charge < -0.3 is 19.7 Å². The van der Waals surface area contributed by atoms with Gasteiger partial charge in [0.2, 0.25) is 11.8 Å². The van der Waals surface area contributed by atoms with Crippen LogP contribution < -0.4 is 5.32 Å². The van der Waals surface area contributed by atoms with Crippen LogP contribution in [0.25, 0.3) is 0 Å². The second-order valence-corrected chi connectivity index (χ2v) is 10.0. The number of aryl methyl sites for hydroxylation is 1. The Labute approximate surface area is 178 Å². The molecule has 0 bridgehead atoms. The number of sulfonamides is 1. The summed E-state index contributed by atoms with van der Waals surface area (Å²) < 4.78 is 28.9. The lowest BCUT2D eigenvalue weighted by atomic mass is 9.97. The Hall–Kier alpha value is -1.98. The molecule has 2 aliphatic heterocycles. The highest BCUT2D eigenvalue weighted by Crippen LogP contribution is 2.20. The van der Waals surface area contributed by atoms with Gasteiger partial charge in [0.25, 0.3) is 10.0 Å². The van der Waals surface area contributed by atoms with Gasteiger partial charge in [0.1, 0.15) is 0 Å². The minimum absolute atomic E-state index is 0.0228. The normalized spacial score (nSPS) is 23.6. The molecule has 168 valence electrons. The van der Waals surface area contributed by atoms with Crippen LogP contribution in [0.3, 0.4) is 0 Å². The van der Waals surface area contributed by atoms with Crippen molar-refractivity contribution in [2.75, 3.05) is 52.9 Å². The van der Waals surface area contributed by atoms with E-state index in [2.05, 4.69) is 15.2 Å². The Morgan fingerprint density at radius 2 is 1.83 bits per heavy atom. The van der Waals surface area contributed by atoms with Gasteiger partial charge in [-0.2, -0.15) is 4.31 Å². The molecule has 10 nitrogen and oxygen atoms in total. The lowest BCUT2D eigenvalue weighted by Crippen LogP contribution is -2.49.